The first-order valence-electron chi connectivity index (χ1n) is 8.35. The molecule has 1 aromatic carbocycles. The van der Waals surface area contributed by atoms with Crippen molar-refractivity contribution in [3.63, 3.8) is 0 Å². The summed E-state index contributed by atoms with van der Waals surface area (Å²) in [6.45, 7) is 1.86. The number of methoxy groups -OCH3 is 2. The average molecular weight is 332 g/mol. The summed E-state index contributed by atoms with van der Waals surface area (Å²) in [4.78, 5) is 28.7. The summed E-state index contributed by atoms with van der Waals surface area (Å²) in [5.74, 6) is 0.958. The van der Waals surface area contributed by atoms with Crippen LogP contribution in [-0.2, 0) is 20.7 Å². The molecule has 3 rings (SSSR count). The minimum Gasteiger partial charge on any atom is -0.497 e. The first-order chi connectivity index (χ1) is 11.6. The second kappa shape index (κ2) is 7.21. The van der Waals surface area contributed by atoms with Gasteiger partial charge in [0.25, 0.3) is 0 Å². The van der Waals surface area contributed by atoms with Gasteiger partial charge in [0, 0.05) is 26.6 Å². The molecule has 0 saturated carbocycles. The van der Waals surface area contributed by atoms with Gasteiger partial charge in [-0.25, -0.2) is 0 Å². The third kappa shape index (κ3) is 3.24. The van der Waals surface area contributed by atoms with Crippen LogP contribution in [0.5, 0.6) is 5.75 Å². The number of amides is 2. The van der Waals surface area contributed by atoms with Crippen LogP contribution in [0.3, 0.4) is 0 Å². The van der Waals surface area contributed by atoms with Gasteiger partial charge in [-0.05, 0) is 24.1 Å². The first kappa shape index (κ1) is 16.8. The molecule has 2 amide bonds. The molecule has 24 heavy (non-hydrogen) atoms. The number of fused-ring (bicyclic) bond motifs is 1. The first-order valence-corrected chi connectivity index (χ1v) is 8.35. The quantitative estimate of drug-likeness (QED) is 0.782. The van der Waals surface area contributed by atoms with E-state index in [0.29, 0.717) is 26.0 Å². The van der Waals surface area contributed by atoms with Crippen LogP contribution < -0.4 is 4.74 Å². The molecular formula is C18H24N2O4. The molecule has 0 spiro atoms. The monoisotopic (exact) mass is 332 g/mol. The van der Waals surface area contributed by atoms with Crippen molar-refractivity contribution in [1.29, 1.82) is 0 Å². The summed E-state index contributed by atoms with van der Waals surface area (Å²) in [5, 5.41) is 0. The number of likely N-dealkylation sites (tertiary alicyclic amines) is 2. The van der Waals surface area contributed by atoms with Crippen molar-refractivity contribution in [2.24, 2.45) is 0 Å². The maximum Gasteiger partial charge on any atom is 0.227 e. The van der Waals surface area contributed by atoms with Gasteiger partial charge in [-0.1, -0.05) is 12.1 Å². The number of hydrogen-bond acceptors (Lipinski definition) is 4. The molecule has 0 radical (unpaired) electrons. The van der Waals surface area contributed by atoms with Gasteiger partial charge in [0.1, 0.15) is 5.75 Å². The number of nitrogens with zero attached hydrogens (tertiary/aromatic N) is 2. The molecule has 2 aliphatic heterocycles. The van der Waals surface area contributed by atoms with Crippen LogP contribution in [0.4, 0.5) is 0 Å². The van der Waals surface area contributed by atoms with Crippen molar-refractivity contribution in [3.05, 3.63) is 29.8 Å². The topological polar surface area (TPSA) is 59.1 Å². The fourth-order valence-corrected chi connectivity index (χ4v) is 3.78. The average Bonchev–Trinajstić information content (AvgIpc) is 3.11. The lowest BCUT2D eigenvalue weighted by molar-refractivity contribution is -0.131. The molecule has 0 bridgehead atoms. The number of benzene rings is 1. The van der Waals surface area contributed by atoms with E-state index in [4.69, 9.17) is 9.47 Å². The van der Waals surface area contributed by atoms with Crippen LogP contribution in [0.25, 0.3) is 0 Å². The molecule has 0 aliphatic carbocycles. The predicted octanol–water partition coefficient (Wildman–Crippen LogP) is 1.09. The highest BCUT2D eigenvalue weighted by Gasteiger charge is 2.47. The molecule has 2 atom stereocenters. The second-order valence-corrected chi connectivity index (χ2v) is 6.32. The number of carbonyl (C=O) groups is 2. The van der Waals surface area contributed by atoms with E-state index in [2.05, 4.69) is 0 Å². The zero-order valence-electron chi connectivity index (χ0n) is 14.2. The summed E-state index contributed by atoms with van der Waals surface area (Å²) in [6.07, 6.45) is 1.62. The molecule has 0 aromatic heterocycles. The Morgan fingerprint density at radius 1 is 1.29 bits per heavy atom. The second-order valence-electron chi connectivity index (χ2n) is 6.32. The van der Waals surface area contributed by atoms with Gasteiger partial charge in [0.05, 0.1) is 32.2 Å². The lowest BCUT2D eigenvalue weighted by atomic mass is 10.1. The van der Waals surface area contributed by atoms with E-state index >= 15 is 0 Å². The van der Waals surface area contributed by atoms with E-state index in [1.165, 1.54) is 0 Å². The van der Waals surface area contributed by atoms with Crippen LogP contribution in [0.1, 0.15) is 18.4 Å². The lowest BCUT2D eigenvalue weighted by Crippen LogP contribution is -2.41. The third-order valence-corrected chi connectivity index (χ3v) is 4.96. The normalized spacial score (nSPS) is 22.8. The number of hydrogen-bond donors (Lipinski definition) is 0. The van der Waals surface area contributed by atoms with Gasteiger partial charge >= 0.3 is 0 Å². The molecular weight excluding hydrogens is 308 g/mol. The zero-order valence-corrected chi connectivity index (χ0v) is 14.2. The Balaban J connectivity index is 1.65. The Labute approximate surface area is 142 Å². The Morgan fingerprint density at radius 2 is 2.12 bits per heavy atom. The van der Waals surface area contributed by atoms with Crippen LogP contribution >= 0.6 is 0 Å². The summed E-state index contributed by atoms with van der Waals surface area (Å²) in [7, 11) is 3.25. The highest BCUT2D eigenvalue weighted by Crippen LogP contribution is 2.32. The Morgan fingerprint density at radius 3 is 2.88 bits per heavy atom. The summed E-state index contributed by atoms with van der Waals surface area (Å²) in [6, 6.07) is 7.71. The van der Waals surface area contributed by atoms with Crippen molar-refractivity contribution in [3.8, 4) is 5.75 Å². The maximum atomic E-state index is 12.7. The fraction of sp³-hybridized carbons (Fsp3) is 0.556. The summed E-state index contributed by atoms with van der Waals surface area (Å²) >= 11 is 0. The van der Waals surface area contributed by atoms with Crippen LogP contribution in [-0.4, -0.2) is 67.6 Å². The molecule has 6 heteroatoms. The number of rotatable bonds is 6. The van der Waals surface area contributed by atoms with E-state index in [-0.39, 0.29) is 23.9 Å². The van der Waals surface area contributed by atoms with Crippen LogP contribution in [0.15, 0.2) is 24.3 Å². The fourth-order valence-electron chi connectivity index (χ4n) is 3.78. The molecule has 0 N–H and O–H groups in total. The maximum absolute atomic E-state index is 12.7. The summed E-state index contributed by atoms with van der Waals surface area (Å²) in [5.41, 5.74) is 0.934. The highest BCUT2D eigenvalue weighted by atomic mass is 16.5. The van der Waals surface area contributed by atoms with E-state index < -0.39 is 0 Å². The zero-order chi connectivity index (χ0) is 17.1. The predicted molar refractivity (Wildman–Crippen MR) is 88.8 cm³/mol. The van der Waals surface area contributed by atoms with Crippen molar-refractivity contribution in [2.75, 3.05) is 33.9 Å². The molecule has 130 valence electrons. The van der Waals surface area contributed by atoms with E-state index in [0.717, 1.165) is 24.3 Å². The van der Waals surface area contributed by atoms with E-state index in [9.17, 15) is 9.59 Å². The Kier molecular flexibility index (Phi) is 5.04. The van der Waals surface area contributed by atoms with Gasteiger partial charge in [-0.3, -0.25) is 9.59 Å². The van der Waals surface area contributed by atoms with Crippen molar-refractivity contribution in [1.82, 2.24) is 9.80 Å². The lowest BCUT2D eigenvalue weighted by Gasteiger charge is -2.25. The van der Waals surface area contributed by atoms with Gasteiger partial charge in [-0.2, -0.15) is 0 Å². The molecule has 6 nitrogen and oxygen atoms in total. The Bertz CT molecular complexity index is 619. The standard InChI is InChI=1S/C18H24N2O4/c1-23-9-8-20-15-6-7-19(16(15)12-18(20)22)17(21)11-13-4-3-5-14(10-13)24-2/h3-5,10,15-16H,6-9,11-12H2,1-2H3/t15-,16+/m1/s1. The Hall–Kier alpha value is -2.08. The largest absolute Gasteiger partial charge is 0.497 e. The smallest absolute Gasteiger partial charge is 0.227 e. The molecule has 2 saturated heterocycles. The van der Waals surface area contributed by atoms with E-state index in [1.807, 2.05) is 34.1 Å². The highest BCUT2D eigenvalue weighted by molar-refractivity contribution is 5.84. The van der Waals surface area contributed by atoms with Gasteiger partial charge in [0.2, 0.25) is 11.8 Å². The molecule has 0 unspecified atom stereocenters. The van der Waals surface area contributed by atoms with Gasteiger partial charge < -0.3 is 19.3 Å². The third-order valence-electron chi connectivity index (χ3n) is 4.96. The SMILES string of the molecule is COCCN1C(=O)C[C@H]2[C@H]1CCN2C(=O)Cc1cccc(OC)c1. The van der Waals surface area contributed by atoms with Gasteiger partial charge in [0.15, 0.2) is 0 Å². The molecule has 2 heterocycles. The van der Waals surface area contributed by atoms with E-state index in [1.54, 1.807) is 14.2 Å². The molecule has 2 fully saturated rings. The van der Waals surface area contributed by atoms with Crippen LogP contribution in [0, 0.1) is 0 Å². The number of carbonyl (C=O) groups excluding carboxylic acids is 2. The van der Waals surface area contributed by atoms with Crippen molar-refractivity contribution >= 4 is 11.8 Å². The molecule has 2 aliphatic rings. The van der Waals surface area contributed by atoms with Crippen molar-refractivity contribution < 1.29 is 19.1 Å². The summed E-state index contributed by atoms with van der Waals surface area (Å²) < 4.78 is 10.3. The molecule has 1 aromatic rings. The minimum atomic E-state index is 0.00691. The number of ether oxygens (including phenoxy) is 2. The van der Waals surface area contributed by atoms with Gasteiger partial charge in [-0.15, -0.1) is 0 Å². The minimum absolute atomic E-state index is 0.00691. The van der Waals surface area contributed by atoms with Crippen LogP contribution in [0.2, 0.25) is 0 Å². The van der Waals surface area contributed by atoms with Crippen molar-refractivity contribution in [2.45, 2.75) is 31.3 Å².